The van der Waals surface area contributed by atoms with Crippen molar-refractivity contribution in [3.05, 3.63) is 23.5 Å². The van der Waals surface area contributed by atoms with Gasteiger partial charge in [0, 0.05) is 17.7 Å². The molecule has 2 aliphatic rings. The highest BCUT2D eigenvalue weighted by atomic mass is 16.3. The molecular formula is C21H33N5O. The maximum Gasteiger partial charge on any atom is 0.241 e. The Bertz CT molecular complexity index is 759. The lowest BCUT2D eigenvalue weighted by atomic mass is 9.84. The lowest BCUT2D eigenvalue weighted by Crippen LogP contribution is -2.26. The van der Waals surface area contributed by atoms with Crippen LogP contribution >= 0.6 is 0 Å². The molecule has 6 nitrogen and oxygen atoms in total. The number of anilines is 1. The number of hydrogen-bond donors (Lipinski definition) is 3. The van der Waals surface area contributed by atoms with E-state index >= 15 is 0 Å². The lowest BCUT2D eigenvalue weighted by Gasteiger charge is -2.25. The predicted molar refractivity (Wildman–Crippen MR) is 108 cm³/mol. The Morgan fingerprint density at radius 3 is 2.63 bits per heavy atom. The molecule has 0 amide bonds. The van der Waals surface area contributed by atoms with Gasteiger partial charge in [-0.1, -0.05) is 6.92 Å². The second kappa shape index (κ2) is 8.15. The van der Waals surface area contributed by atoms with Gasteiger partial charge in [0.1, 0.15) is 0 Å². The average molecular weight is 372 g/mol. The zero-order chi connectivity index (χ0) is 18.8. The third-order valence-electron chi connectivity index (χ3n) is 6.46. The number of aliphatic hydroxyl groups excluding tert-OH is 1. The number of nitrogens with one attached hydrogen (secondary N) is 2. The van der Waals surface area contributed by atoms with E-state index in [0.29, 0.717) is 23.8 Å². The number of aliphatic hydroxyl groups is 1. The topological polar surface area (TPSA) is 74.5 Å². The summed E-state index contributed by atoms with van der Waals surface area (Å²) >= 11 is 0. The first-order valence-corrected chi connectivity index (χ1v) is 10.7. The second-order valence-corrected chi connectivity index (χ2v) is 8.39. The van der Waals surface area contributed by atoms with E-state index in [1.807, 2.05) is 6.20 Å². The molecule has 2 aromatic rings. The van der Waals surface area contributed by atoms with E-state index in [9.17, 15) is 5.11 Å². The Morgan fingerprint density at radius 2 is 1.93 bits per heavy atom. The van der Waals surface area contributed by atoms with Gasteiger partial charge in [-0.05, 0) is 82.5 Å². The van der Waals surface area contributed by atoms with Crippen LogP contribution in [0, 0.1) is 0 Å². The highest BCUT2D eigenvalue weighted by Crippen LogP contribution is 2.38. The van der Waals surface area contributed by atoms with Crippen molar-refractivity contribution in [1.82, 2.24) is 19.9 Å². The Labute approximate surface area is 161 Å². The van der Waals surface area contributed by atoms with Crippen LogP contribution in [0.15, 0.2) is 12.3 Å². The van der Waals surface area contributed by atoms with E-state index < -0.39 is 0 Å². The van der Waals surface area contributed by atoms with Crippen LogP contribution in [0.1, 0.15) is 81.9 Å². The van der Waals surface area contributed by atoms with Crippen LogP contribution < -0.4 is 10.6 Å². The van der Waals surface area contributed by atoms with Crippen molar-refractivity contribution in [2.24, 2.45) is 0 Å². The van der Waals surface area contributed by atoms with Crippen molar-refractivity contribution < 1.29 is 5.11 Å². The first-order valence-electron chi connectivity index (χ1n) is 10.7. The first kappa shape index (κ1) is 18.7. The summed E-state index contributed by atoms with van der Waals surface area (Å²) in [6, 6.07) is 2.75. The molecule has 6 heteroatoms. The van der Waals surface area contributed by atoms with Gasteiger partial charge in [0.15, 0.2) is 0 Å². The summed E-state index contributed by atoms with van der Waals surface area (Å²) < 4.78 is 2.15. The molecule has 0 radical (unpaired) electrons. The van der Waals surface area contributed by atoms with Gasteiger partial charge in [0.05, 0.1) is 17.8 Å². The zero-order valence-electron chi connectivity index (χ0n) is 16.6. The number of piperidine rings is 1. The normalized spacial score (nSPS) is 25.6. The van der Waals surface area contributed by atoms with Crippen molar-refractivity contribution in [3.8, 4) is 0 Å². The molecule has 27 heavy (non-hydrogen) atoms. The molecule has 148 valence electrons. The Balaban J connectivity index is 1.72. The molecule has 1 aliphatic carbocycles. The minimum absolute atomic E-state index is 0.131. The van der Waals surface area contributed by atoms with E-state index in [1.54, 1.807) is 0 Å². The summed E-state index contributed by atoms with van der Waals surface area (Å²) in [7, 11) is 0. The van der Waals surface area contributed by atoms with Crippen LogP contribution in [0.3, 0.4) is 0 Å². The van der Waals surface area contributed by atoms with Crippen molar-refractivity contribution in [3.63, 3.8) is 0 Å². The fraction of sp³-hybridized carbons (Fsp3) is 0.714. The van der Waals surface area contributed by atoms with Crippen molar-refractivity contribution in [1.29, 1.82) is 0 Å². The zero-order valence-corrected chi connectivity index (χ0v) is 16.6. The molecule has 2 fully saturated rings. The predicted octanol–water partition coefficient (Wildman–Crippen LogP) is 3.43. The lowest BCUT2D eigenvalue weighted by molar-refractivity contribution is 0.121. The van der Waals surface area contributed by atoms with Gasteiger partial charge in [-0.2, -0.15) is 0 Å². The van der Waals surface area contributed by atoms with Crippen molar-refractivity contribution in [2.45, 2.75) is 82.8 Å². The van der Waals surface area contributed by atoms with Crippen LogP contribution in [0.2, 0.25) is 0 Å². The molecule has 3 heterocycles. The summed E-state index contributed by atoms with van der Waals surface area (Å²) in [6.45, 7) is 6.50. The molecule has 2 aromatic heterocycles. The van der Waals surface area contributed by atoms with Gasteiger partial charge < -0.3 is 15.7 Å². The second-order valence-electron chi connectivity index (χ2n) is 8.39. The molecular weight excluding hydrogens is 338 g/mol. The largest absolute Gasteiger partial charge is 0.393 e. The molecule has 1 saturated carbocycles. The monoisotopic (exact) mass is 371 g/mol. The molecule has 0 aromatic carbocycles. The fourth-order valence-corrected chi connectivity index (χ4v) is 4.55. The minimum atomic E-state index is -0.131. The molecule has 0 spiro atoms. The number of hydrogen-bond acceptors (Lipinski definition) is 5. The number of nitrogens with zero attached hydrogens (tertiary/aromatic N) is 3. The van der Waals surface area contributed by atoms with E-state index in [4.69, 9.17) is 5.10 Å². The molecule has 1 saturated heterocycles. The van der Waals surface area contributed by atoms with Gasteiger partial charge in [0.2, 0.25) is 5.95 Å². The summed E-state index contributed by atoms with van der Waals surface area (Å²) in [5.41, 5.74) is 3.88. The summed E-state index contributed by atoms with van der Waals surface area (Å²) in [6.07, 6.45) is 9.14. The highest BCUT2D eigenvalue weighted by Gasteiger charge is 2.27. The Kier molecular flexibility index (Phi) is 5.64. The number of fused-ring (bicyclic) bond motifs is 1. The average Bonchev–Trinajstić information content (AvgIpc) is 3.08. The molecule has 0 bridgehead atoms. The summed E-state index contributed by atoms with van der Waals surface area (Å²) in [5.74, 6) is 1.77. The maximum absolute atomic E-state index is 9.92. The first-order chi connectivity index (χ1) is 13.2. The van der Waals surface area contributed by atoms with Crippen LogP contribution in [0.4, 0.5) is 5.95 Å². The van der Waals surface area contributed by atoms with E-state index in [-0.39, 0.29) is 6.10 Å². The van der Waals surface area contributed by atoms with E-state index in [0.717, 1.165) is 50.7 Å². The molecule has 3 N–H and O–H groups in total. The van der Waals surface area contributed by atoms with E-state index in [2.05, 4.69) is 40.0 Å². The van der Waals surface area contributed by atoms with Gasteiger partial charge in [-0.15, -0.1) is 5.10 Å². The van der Waals surface area contributed by atoms with Crippen LogP contribution in [-0.2, 0) is 0 Å². The molecule has 4 rings (SSSR count). The third kappa shape index (κ3) is 3.97. The molecule has 0 unspecified atom stereocenters. The van der Waals surface area contributed by atoms with Crippen molar-refractivity contribution in [2.75, 3.05) is 18.4 Å². The van der Waals surface area contributed by atoms with Gasteiger partial charge >= 0.3 is 0 Å². The SMILES string of the molecule is CC[C@H](C)Nc1ncc2c(C3CCNCC3)cc([C@H]3CC[C@H](O)CC3)n2n1. The van der Waals surface area contributed by atoms with Crippen LogP contribution in [0.25, 0.3) is 5.52 Å². The highest BCUT2D eigenvalue weighted by molar-refractivity contribution is 5.58. The minimum Gasteiger partial charge on any atom is -0.393 e. The molecule has 1 aliphatic heterocycles. The quantitative estimate of drug-likeness (QED) is 0.751. The Hall–Kier alpha value is -1.66. The van der Waals surface area contributed by atoms with Crippen molar-refractivity contribution >= 4 is 11.5 Å². The Morgan fingerprint density at radius 1 is 1.19 bits per heavy atom. The van der Waals surface area contributed by atoms with Gasteiger partial charge in [-0.3, -0.25) is 0 Å². The number of aromatic nitrogens is 3. The smallest absolute Gasteiger partial charge is 0.241 e. The molecule has 1 atom stereocenters. The van der Waals surface area contributed by atoms with Crippen LogP contribution in [0.5, 0.6) is 0 Å². The number of rotatable bonds is 5. The third-order valence-corrected chi connectivity index (χ3v) is 6.46. The fourth-order valence-electron chi connectivity index (χ4n) is 4.55. The van der Waals surface area contributed by atoms with Gasteiger partial charge in [0.25, 0.3) is 0 Å². The van der Waals surface area contributed by atoms with Crippen LogP contribution in [-0.4, -0.2) is 44.9 Å². The standard InChI is InChI=1S/C21H33N5O/c1-3-14(2)24-21-23-13-20-18(15-8-10-22-11-9-15)12-19(26(20)25-21)16-4-6-17(27)7-5-16/h12-17,22,27H,3-11H2,1-2H3,(H,24,25)/t14-,16-,17-/m0/s1. The van der Waals surface area contributed by atoms with Gasteiger partial charge in [-0.25, -0.2) is 9.50 Å². The maximum atomic E-state index is 9.92. The summed E-state index contributed by atoms with van der Waals surface area (Å²) in [5, 5.41) is 21.7. The summed E-state index contributed by atoms with van der Waals surface area (Å²) in [4.78, 5) is 4.62. The van der Waals surface area contributed by atoms with E-state index in [1.165, 1.54) is 24.1 Å².